The predicted molar refractivity (Wildman–Crippen MR) is 95.4 cm³/mol. The topological polar surface area (TPSA) is 51.2 Å². The van der Waals surface area contributed by atoms with Crippen LogP contribution in [0.1, 0.15) is 25.8 Å². The van der Waals surface area contributed by atoms with Crippen molar-refractivity contribution in [3.8, 4) is 23.8 Å². The molecule has 0 aliphatic heterocycles. The maximum atomic E-state index is 10.2. The van der Waals surface area contributed by atoms with Gasteiger partial charge in [-0.25, -0.2) is 0 Å². The summed E-state index contributed by atoms with van der Waals surface area (Å²) in [6.45, 7) is 5.97. The molecule has 0 radical (unpaired) electrons. The van der Waals surface area contributed by atoms with Crippen molar-refractivity contribution < 1.29 is 19.3 Å². The normalized spacial score (nSPS) is 13.4. The van der Waals surface area contributed by atoms with Crippen molar-refractivity contribution in [3.63, 3.8) is 0 Å². The fraction of sp³-hybridized carbons (Fsp3) is 0.579. The second-order valence-corrected chi connectivity index (χ2v) is 5.75. The summed E-state index contributed by atoms with van der Waals surface area (Å²) in [5.41, 5.74) is 1.10. The third-order valence-electron chi connectivity index (χ3n) is 3.99. The largest absolute Gasteiger partial charge is 0.493 e. The summed E-state index contributed by atoms with van der Waals surface area (Å²) in [5.74, 6) is 3.81. The van der Waals surface area contributed by atoms with Crippen molar-refractivity contribution in [2.75, 3.05) is 34.0 Å². The molecule has 0 aliphatic carbocycles. The van der Waals surface area contributed by atoms with E-state index in [1.54, 1.807) is 14.2 Å². The minimum Gasteiger partial charge on any atom is -0.493 e. The highest BCUT2D eigenvalue weighted by atomic mass is 16.5. The maximum Gasteiger partial charge on any atom is 0.161 e. The van der Waals surface area contributed by atoms with E-state index >= 15 is 0 Å². The van der Waals surface area contributed by atoms with Crippen molar-refractivity contribution in [1.82, 2.24) is 4.90 Å². The molecule has 0 fully saturated rings. The molecule has 0 saturated carbocycles. The Morgan fingerprint density at radius 3 is 2.54 bits per heavy atom. The molecule has 24 heavy (non-hydrogen) atoms. The molecular weight excluding hydrogens is 306 g/mol. The van der Waals surface area contributed by atoms with Crippen LogP contribution in [0.5, 0.6) is 11.5 Å². The number of aliphatic hydroxyl groups is 1. The SMILES string of the molecule is C#CCOC[C@@H](O)CN(Cc1ccc(OC)c(OC)c1)[C@@H](C)CC. The average molecular weight is 335 g/mol. The molecule has 1 aromatic carbocycles. The van der Waals surface area contributed by atoms with Gasteiger partial charge in [0.05, 0.1) is 26.9 Å². The Balaban J connectivity index is 2.77. The molecule has 1 N–H and O–H groups in total. The zero-order valence-electron chi connectivity index (χ0n) is 15.1. The van der Waals surface area contributed by atoms with E-state index in [0.29, 0.717) is 30.6 Å². The molecule has 0 saturated heterocycles. The zero-order valence-corrected chi connectivity index (χ0v) is 15.1. The van der Waals surface area contributed by atoms with Gasteiger partial charge in [0.25, 0.3) is 0 Å². The number of hydrogen-bond acceptors (Lipinski definition) is 5. The van der Waals surface area contributed by atoms with E-state index < -0.39 is 6.10 Å². The number of ether oxygens (including phenoxy) is 3. The lowest BCUT2D eigenvalue weighted by molar-refractivity contribution is 0.0170. The van der Waals surface area contributed by atoms with Crippen LogP contribution in [0.15, 0.2) is 18.2 Å². The van der Waals surface area contributed by atoms with Gasteiger partial charge in [-0.1, -0.05) is 18.9 Å². The second kappa shape index (κ2) is 10.9. The highest BCUT2D eigenvalue weighted by molar-refractivity contribution is 5.42. The number of methoxy groups -OCH3 is 2. The third-order valence-corrected chi connectivity index (χ3v) is 3.99. The molecule has 0 amide bonds. The smallest absolute Gasteiger partial charge is 0.161 e. The van der Waals surface area contributed by atoms with Crippen LogP contribution >= 0.6 is 0 Å². The fourth-order valence-corrected chi connectivity index (χ4v) is 2.45. The number of rotatable bonds is 11. The Morgan fingerprint density at radius 1 is 1.25 bits per heavy atom. The summed E-state index contributed by atoms with van der Waals surface area (Å²) in [6, 6.07) is 6.21. The summed E-state index contributed by atoms with van der Waals surface area (Å²) in [6.07, 6.45) is 5.56. The first-order chi connectivity index (χ1) is 11.5. The molecular formula is C19H29NO4. The first-order valence-electron chi connectivity index (χ1n) is 8.19. The number of aliphatic hydroxyl groups excluding tert-OH is 1. The molecule has 0 heterocycles. The molecule has 5 heteroatoms. The van der Waals surface area contributed by atoms with Gasteiger partial charge >= 0.3 is 0 Å². The molecule has 0 aliphatic rings. The van der Waals surface area contributed by atoms with Gasteiger partial charge in [0.15, 0.2) is 11.5 Å². The number of benzene rings is 1. The minimum atomic E-state index is -0.576. The number of hydrogen-bond donors (Lipinski definition) is 1. The van der Waals surface area contributed by atoms with Crippen LogP contribution in [0.4, 0.5) is 0 Å². The van der Waals surface area contributed by atoms with Crippen LogP contribution in [0.2, 0.25) is 0 Å². The van der Waals surface area contributed by atoms with E-state index in [4.69, 9.17) is 20.6 Å². The van der Waals surface area contributed by atoms with Crippen LogP contribution in [-0.4, -0.2) is 56.1 Å². The Morgan fingerprint density at radius 2 is 1.96 bits per heavy atom. The monoisotopic (exact) mass is 335 g/mol. The fourth-order valence-electron chi connectivity index (χ4n) is 2.45. The average Bonchev–Trinajstić information content (AvgIpc) is 2.60. The molecule has 0 bridgehead atoms. The van der Waals surface area contributed by atoms with Gasteiger partial charge in [0.2, 0.25) is 0 Å². The van der Waals surface area contributed by atoms with Gasteiger partial charge < -0.3 is 19.3 Å². The summed E-state index contributed by atoms with van der Waals surface area (Å²) in [4.78, 5) is 2.23. The van der Waals surface area contributed by atoms with Crippen molar-refractivity contribution >= 4 is 0 Å². The number of terminal acetylenes is 1. The Kier molecular flexibility index (Phi) is 9.24. The van der Waals surface area contributed by atoms with Gasteiger partial charge in [-0.3, -0.25) is 4.90 Å². The van der Waals surface area contributed by atoms with Crippen molar-refractivity contribution in [1.29, 1.82) is 0 Å². The van der Waals surface area contributed by atoms with Crippen LogP contribution in [0.25, 0.3) is 0 Å². The standard InChI is InChI=1S/C19H29NO4/c1-6-10-24-14-17(21)13-20(15(3)7-2)12-16-8-9-18(22-4)19(11-16)23-5/h1,8-9,11,15,17,21H,7,10,12-14H2,2-5H3/t15-,17-/m0/s1. The zero-order chi connectivity index (χ0) is 17.9. The lowest BCUT2D eigenvalue weighted by Crippen LogP contribution is -2.40. The first kappa shape index (κ1) is 20.3. The number of nitrogens with zero attached hydrogens (tertiary/aromatic N) is 1. The lowest BCUT2D eigenvalue weighted by Gasteiger charge is -2.30. The van der Waals surface area contributed by atoms with E-state index in [-0.39, 0.29) is 13.2 Å². The highest BCUT2D eigenvalue weighted by Crippen LogP contribution is 2.28. The van der Waals surface area contributed by atoms with Gasteiger partial charge in [0.1, 0.15) is 6.61 Å². The van der Waals surface area contributed by atoms with Crippen molar-refractivity contribution in [2.45, 2.75) is 39.0 Å². The quantitative estimate of drug-likeness (QED) is 0.497. The first-order valence-corrected chi connectivity index (χ1v) is 8.19. The predicted octanol–water partition coefficient (Wildman–Crippen LogP) is 2.32. The van der Waals surface area contributed by atoms with Gasteiger partial charge in [-0.15, -0.1) is 6.42 Å². The van der Waals surface area contributed by atoms with E-state index in [9.17, 15) is 5.11 Å². The highest BCUT2D eigenvalue weighted by Gasteiger charge is 2.18. The van der Waals surface area contributed by atoms with Gasteiger partial charge in [-0.05, 0) is 31.0 Å². The summed E-state index contributed by atoms with van der Waals surface area (Å²) in [5, 5.41) is 10.2. The molecule has 2 atom stereocenters. The Bertz CT molecular complexity index is 527. The summed E-state index contributed by atoms with van der Waals surface area (Å²) >= 11 is 0. The Hall–Kier alpha value is -1.74. The van der Waals surface area contributed by atoms with E-state index in [1.165, 1.54) is 0 Å². The van der Waals surface area contributed by atoms with Crippen LogP contribution < -0.4 is 9.47 Å². The van der Waals surface area contributed by atoms with E-state index in [0.717, 1.165) is 12.0 Å². The maximum absolute atomic E-state index is 10.2. The Labute approximate surface area is 145 Å². The summed E-state index contributed by atoms with van der Waals surface area (Å²) in [7, 11) is 3.25. The van der Waals surface area contributed by atoms with Crippen molar-refractivity contribution in [2.24, 2.45) is 0 Å². The van der Waals surface area contributed by atoms with Gasteiger partial charge in [0, 0.05) is 19.1 Å². The minimum absolute atomic E-state index is 0.218. The van der Waals surface area contributed by atoms with Crippen LogP contribution in [0, 0.1) is 12.3 Å². The molecule has 1 rings (SSSR count). The van der Waals surface area contributed by atoms with E-state index in [1.807, 2.05) is 18.2 Å². The van der Waals surface area contributed by atoms with E-state index in [2.05, 4.69) is 24.7 Å². The molecule has 0 aromatic heterocycles. The third kappa shape index (κ3) is 6.40. The lowest BCUT2D eigenvalue weighted by atomic mass is 10.1. The molecule has 1 aromatic rings. The molecule has 0 unspecified atom stereocenters. The second-order valence-electron chi connectivity index (χ2n) is 5.75. The van der Waals surface area contributed by atoms with Crippen LogP contribution in [0.3, 0.4) is 0 Å². The molecule has 0 spiro atoms. The molecule has 134 valence electrons. The summed E-state index contributed by atoms with van der Waals surface area (Å²) < 4.78 is 15.9. The van der Waals surface area contributed by atoms with Gasteiger partial charge in [-0.2, -0.15) is 0 Å². The van der Waals surface area contributed by atoms with Crippen molar-refractivity contribution in [3.05, 3.63) is 23.8 Å². The molecule has 5 nitrogen and oxygen atoms in total. The van der Waals surface area contributed by atoms with Crippen LogP contribution in [-0.2, 0) is 11.3 Å².